The maximum atomic E-state index is 13.2. The van der Waals surface area contributed by atoms with Gasteiger partial charge in [-0.2, -0.15) is 5.26 Å². The van der Waals surface area contributed by atoms with Crippen LogP contribution in [0.25, 0.3) is 0 Å². The first-order valence-corrected chi connectivity index (χ1v) is 6.95. The molecule has 0 spiro atoms. The summed E-state index contributed by atoms with van der Waals surface area (Å²) in [4.78, 5) is 26.8. The highest BCUT2D eigenvalue weighted by Crippen LogP contribution is 2.22. The van der Waals surface area contributed by atoms with Crippen molar-refractivity contribution in [1.82, 2.24) is 10.2 Å². The molecule has 0 bridgehead atoms. The number of benzene rings is 1. The summed E-state index contributed by atoms with van der Waals surface area (Å²) in [5, 5.41) is 11.3. The Balaban J connectivity index is 1.95. The highest BCUT2D eigenvalue weighted by Gasteiger charge is 2.32. The van der Waals surface area contributed by atoms with Crippen LogP contribution in [0, 0.1) is 17.1 Å². The number of hydrogen-bond acceptors (Lipinski definition) is 3. The molecule has 0 unspecified atom stereocenters. The predicted molar refractivity (Wildman–Crippen MR) is 78.5 cm³/mol. The SMILES string of the molecule is CN(CCC#N)C(=O)N[C@H]1CC(=O)N(c2cccc(F)c2)C1. The average Bonchev–Trinajstić information content (AvgIpc) is 2.85. The molecular formula is C15H17FN4O2. The molecule has 1 aromatic rings. The van der Waals surface area contributed by atoms with E-state index in [9.17, 15) is 14.0 Å². The first-order chi connectivity index (χ1) is 10.5. The standard InChI is InChI=1S/C15H17FN4O2/c1-19(7-3-6-17)15(22)18-12-9-14(21)20(10-12)13-5-2-4-11(16)8-13/h2,4-5,8,12H,3,7,9-10H2,1H3,(H,18,22)/t12-/m0/s1. The van der Waals surface area contributed by atoms with Gasteiger partial charge in [0, 0.05) is 32.2 Å². The molecule has 7 heteroatoms. The van der Waals surface area contributed by atoms with Gasteiger partial charge in [-0.3, -0.25) is 4.79 Å². The van der Waals surface area contributed by atoms with Gasteiger partial charge < -0.3 is 15.1 Å². The minimum atomic E-state index is -0.408. The van der Waals surface area contributed by atoms with Gasteiger partial charge in [-0.1, -0.05) is 6.07 Å². The number of nitrogens with one attached hydrogen (secondary N) is 1. The molecule has 1 heterocycles. The number of anilines is 1. The van der Waals surface area contributed by atoms with Crippen molar-refractivity contribution in [3.05, 3.63) is 30.1 Å². The van der Waals surface area contributed by atoms with Crippen LogP contribution in [-0.4, -0.2) is 43.0 Å². The van der Waals surface area contributed by atoms with Crippen molar-refractivity contribution in [3.8, 4) is 6.07 Å². The van der Waals surface area contributed by atoms with Gasteiger partial charge in [-0.15, -0.1) is 0 Å². The molecule has 1 aromatic carbocycles. The zero-order valence-electron chi connectivity index (χ0n) is 12.3. The Morgan fingerprint density at radius 1 is 1.59 bits per heavy atom. The van der Waals surface area contributed by atoms with Crippen molar-refractivity contribution in [3.63, 3.8) is 0 Å². The third-order valence-electron chi connectivity index (χ3n) is 3.48. The Labute approximate surface area is 128 Å². The Morgan fingerprint density at radius 3 is 3.05 bits per heavy atom. The molecular weight excluding hydrogens is 287 g/mol. The van der Waals surface area contributed by atoms with Crippen LogP contribution in [0.1, 0.15) is 12.8 Å². The van der Waals surface area contributed by atoms with Gasteiger partial charge >= 0.3 is 6.03 Å². The molecule has 6 nitrogen and oxygen atoms in total. The van der Waals surface area contributed by atoms with Gasteiger partial charge in [0.2, 0.25) is 5.91 Å². The van der Waals surface area contributed by atoms with Gasteiger partial charge in [-0.05, 0) is 18.2 Å². The maximum Gasteiger partial charge on any atom is 0.317 e. The second-order valence-electron chi connectivity index (χ2n) is 5.16. The molecule has 1 atom stereocenters. The zero-order valence-corrected chi connectivity index (χ0v) is 12.3. The number of carbonyl (C=O) groups excluding carboxylic acids is 2. The van der Waals surface area contributed by atoms with E-state index >= 15 is 0 Å². The lowest BCUT2D eigenvalue weighted by Gasteiger charge is -2.20. The quantitative estimate of drug-likeness (QED) is 0.915. The molecule has 1 saturated heterocycles. The van der Waals surface area contributed by atoms with Crippen molar-refractivity contribution in [1.29, 1.82) is 5.26 Å². The van der Waals surface area contributed by atoms with E-state index in [4.69, 9.17) is 5.26 Å². The normalized spacial score (nSPS) is 17.2. The second-order valence-corrected chi connectivity index (χ2v) is 5.16. The van der Waals surface area contributed by atoms with E-state index in [2.05, 4.69) is 5.32 Å². The lowest BCUT2D eigenvalue weighted by molar-refractivity contribution is -0.117. The second kappa shape index (κ2) is 6.89. The number of nitriles is 1. The zero-order chi connectivity index (χ0) is 16.1. The van der Waals surface area contributed by atoms with E-state index in [1.54, 1.807) is 19.2 Å². The number of halogens is 1. The molecule has 1 fully saturated rings. The van der Waals surface area contributed by atoms with Crippen LogP contribution in [0.15, 0.2) is 24.3 Å². The predicted octanol–water partition coefficient (Wildman–Crippen LogP) is 1.49. The van der Waals surface area contributed by atoms with Crippen molar-refractivity contribution >= 4 is 17.6 Å². The van der Waals surface area contributed by atoms with Crippen molar-refractivity contribution in [2.45, 2.75) is 18.9 Å². The van der Waals surface area contributed by atoms with Crippen LogP contribution in [0.3, 0.4) is 0 Å². The summed E-state index contributed by atoms with van der Waals surface area (Å²) in [5.74, 6) is -0.565. The van der Waals surface area contributed by atoms with E-state index < -0.39 is 5.82 Å². The lowest BCUT2D eigenvalue weighted by Crippen LogP contribution is -2.44. The van der Waals surface area contributed by atoms with Crippen molar-refractivity contribution < 1.29 is 14.0 Å². The lowest BCUT2D eigenvalue weighted by atomic mass is 10.2. The number of amides is 3. The first-order valence-electron chi connectivity index (χ1n) is 6.95. The molecule has 1 aliphatic rings. The molecule has 22 heavy (non-hydrogen) atoms. The summed E-state index contributed by atoms with van der Waals surface area (Å²) in [6.45, 7) is 0.636. The number of hydrogen-bond donors (Lipinski definition) is 1. The number of nitrogens with zero attached hydrogens (tertiary/aromatic N) is 3. The fourth-order valence-corrected chi connectivity index (χ4v) is 2.30. The van der Waals surface area contributed by atoms with Crippen LogP contribution in [-0.2, 0) is 4.79 Å². The first kappa shape index (κ1) is 15.8. The van der Waals surface area contributed by atoms with Gasteiger partial charge in [0.25, 0.3) is 0 Å². The Hall–Kier alpha value is -2.62. The monoisotopic (exact) mass is 304 g/mol. The van der Waals surface area contributed by atoms with E-state index in [1.165, 1.54) is 21.9 Å². The summed E-state index contributed by atoms with van der Waals surface area (Å²) in [6.07, 6.45) is 0.428. The van der Waals surface area contributed by atoms with Gasteiger partial charge in [0.1, 0.15) is 5.82 Å². The van der Waals surface area contributed by atoms with Crippen LogP contribution >= 0.6 is 0 Å². The Kier molecular flexibility index (Phi) is 4.94. The van der Waals surface area contributed by atoms with Crippen LogP contribution in [0.2, 0.25) is 0 Å². The van der Waals surface area contributed by atoms with Crippen LogP contribution in [0.5, 0.6) is 0 Å². The van der Waals surface area contributed by atoms with Gasteiger partial charge in [0.05, 0.1) is 18.5 Å². The number of carbonyl (C=O) groups is 2. The largest absolute Gasteiger partial charge is 0.333 e. The minimum absolute atomic E-state index is 0.157. The molecule has 0 radical (unpaired) electrons. The van der Waals surface area contributed by atoms with Crippen molar-refractivity contribution in [2.24, 2.45) is 0 Å². The maximum absolute atomic E-state index is 13.2. The highest BCUT2D eigenvalue weighted by molar-refractivity contribution is 5.96. The molecule has 0 saturated carbocycles. The fraction of sp³-hybridized carbons (Fsp3) is 0.400. The van der Waals surface area contributed by atoms with Crippen LogP contribution < -0.4 is 10.2 Å². The summed E-state index contributed by atoms with van der Waals surface area (Å²) in [5.41, 5.74) is 0.486. The number of urea groups is 1. The molecule has 1 aliphatic heterocycles. The average molecular weight is 304 g/mol. The van der Waals surface area contributed by atoms with E-state index in [-0.39, 0.29) is 30.8 Å². The summed E-state index contributed by atoms with van der Waals surface area (Å²) >= 11 is 0. The topological polar surface area (TPSA) is 76.4 Å². The summed E-state index contributed by atoms with van der Waals surface area (Å²) < 4.78 is 13.2. The van der Waals surface area contributed by atoms with E-state index in [0.717, 1.165) is 0 Å². The Bertz CT molecular complexity index is 614. The van der Waals surface area contributed by atoms with E-state index in [1.807, 2.05) is 6.07 Å². The third-order valence-corrected chi connectivity index (χ3v) is 3.48. The summed E-state index contributed by atoms with van der Waals surface area (Å²) in [6, 6.07) is 7.12. The molecule has 0 aromatic heterocycles. The fourth-order valence-electron chi connectivity index (χ4n) is 2.30. The molecule has 1 N–H and O–H groups in total. The smallest absolute Gasteiger partial charge is 0.317 e. The molecule has 116 valence electrons. The molecule has 2 rings (SSSR count). The number of rotatable bonds is 4. The van der Waals surface area contributed by atoms with Gasteiger partial charge in [0.15, 0.2) is 0 Å². The van der Waals surface area contributed by atoms with Gasteiger partial charge in [-0.25, -0.2) is 9.18 Å². The highest BCUT2D eigenvalue weighted by atomic mass is 19.1. The van der Waals surface area contributed by atoms with Crippen molar-refractivity contribution in [2.75, 3.05) is 25.0 Å². The van der Waals surface area contributed by atoms with E-state index in [0.29, 0.717) is 18.8 Å². The molecule has 0 aliphatic carbocycles. The minimum Gasteiger partial charge on any atom is -0.333 e. The summed E-state index contributed by atoms with van der Waals surface area (Å²) in [7, 11) is 1.59. The van der Waals surface area contributed by atoms with Crippen LogP contribution in [0.4, 0.5) is 14.9 Å². The Morgan fingerprint density at radius 2 is 2.36 bits per heavy atom. The third kappa shape index (κ3) is 3.73. The molecule has 3 amide bonds.